The maximum Gasteiger partial charge on any atom is 0.225 e. The standard InChI is InChI=1S/C12H22N2O3/c15-12(10-3-7-16-9-10)14-6-8-17-11-1-4-13-5-2-11/h10-11,13H,1-9H2,(H,14,15). The minimum absolute atomic E-state index is 0.0499. The number of hydrogen-bond acceptors (Lipinski definition) is 4. The van der Waals surface area contributed by atoms with Gasteiger partial charge in [-0.15, -0.1) is 0 Å². The van der Waals surface area contributed by atoms with Crippen LogP contribution >= 0.6 is 0 Å². The average Bonchev–Trinajstić information content (AvgIpc) is 2.89. The van der Waals surface area contributed by atoms with Crippen LogP contribution < -0.4 is 10.6 Å². The van der Waals surface area contributed by atoms with E-state index in [-0.39, 0.29) is 11.8 Å². The summed E-state index contributed by atoms with van der Waals surface area (Å²) in [7, 11) is 0. The molecule has 0 aromatic heterocycles. The van der Waals surface area contributed by atoms with Gasteiger partial charge in [-0.3, -0.25) is 4.79 Å². The van der Waals surface area contributed by atoms with E-state index in [4.69, 9.17) is 9.47 Å². The quantitative estimate of drug-likeness (QED) is 0.661. The zero-order valence-electron chi connectivity index (χ0n) is 10.2. The van der Waals surface area contributed by atoms with Crippen molar-refractivity contribution in [2.75, 3.05) is 39.5 Å². The molecule has 0 aromatic carbocycles. The molecule has 0 radical (unpaired) electrons. The number of nitrogens with one attached hydrogen (secondary N) is 2. The van der Waals surface area contributed by atoms with Gasteiger partial charge in [0.25, 0.3) is 0 Å². The number of rotatable bonds is 5. The smallest absolute Gasteiger partial charge is 0.225 e. The molecule has 2 aliphatic rings. The van der Waals surface area contributed by atoms with Crippen molar-refractivity contribution >= 4 is 5.91 Å². The lowest BCUT2D eigenvalue weighted by Crippen LogP contribution is -2.36. The van der Waals surface area contributed by atoms with Gasteiger partial charge < -0.3 is 20.1 Å². The molecular weight excluding hydrogens is 220 g/mol. The third kappa shape index (κ3) is 4.26. The molecule has 2 heterocycles. The fourth-order valence-electron chi connectivity index (χ4n) is 2.25. The number of ether oxygens (including phenoxy) is 2. The fraction of sp³-hybridized carbons (Fsp3) is 0.917. The molecule has 0 saturated carbocycles. The van der Waals surface area contributed by atoms with Crippen LogP contribution in [0.1, 0.15) is 19.3 Å². The van der Waals surface area contributed by atoms with Gasteiger partial charge in [0, 0.05) is 13.2 Å². The number of carbonyl (C=O) groups is 1. The van der Waals surface area contributed by atoms with Crippen molar-refractivity contribution in [2.24, 2.45) is 5.92 Å². The molecule has 1 amide bonds. The normalized spacial score (nSPS) is 26.0. The molecule has 1 atom stereocenters. The Bertz CT molecular complexity index is 236. The zero-order chi connectivity index (χ0) is 11.9. The maximum absolute atomic E-state index is 11.6. The summed E-state index contributed by atoms with van der Waals surface area (Å²) in [5.74, 6) is 0.158. The second kappa shape index (κ2) is 6.93. The Kier molecular flexibility index (Phi) is 5.22. The second-order valence-corrected chi connectivity index (χ2v) is 4.67. The highest BCUT2D eigenvalue weighted by Crippen LogP contribution is 2.11. The first-order valence-electron chi connectivity index (χ1n) is 6.54. The highest BCUT2D eigenvalue weighted by atomic mass is 16.5. The highest BCUT2D eigenvalue weighted by Gasteiger charge is 2.23. The molecule has 0 spiro atoms. The van der Waals surface area contributed by atoms with Crippen molar-refractivity contribution in [3.8, 4) is 0 Å². The molecule has 1 unspecified atom stereocenters. The molecule has 2 saturated heterocycles. The fourth-order valence-corrected chi connectivity index (χ4v) is 2.25. The van der Waals surface area contributed by atoms with Crippen LogP contribution in [0.25, 0.3) is 0 Å². The lowest BCUT2D eigenvalue weighted by atomic mass is 10.1. The number of piperidine rings is 1. The van der Waals surface area contributed by atoms with E-state index in [1.165, 1.54) is 0 Å². The van der Waals surface area contributed by atoms with Gasteiger partial charge in [-0.1, -0.05) is 0 Å². The minimum atomic E-state index is 0.0499. The van der Waals surface area contributed by atoms with Crippen molar-refractivity contribution in [3.63, 3.8) is 0 Å². The van der Waals surface area contributed by atoms with Gasteiger partial charge in [0.05, 0.1) is 25.2 Å². The summed E-state index contributed by atoms with van der Waals surface area (Å²) in [5.41, 5.74) is 0. The monoisotopic (exact) mass is 242 g/mol. The van der Waals surface area contributed by atoms with E-state index in [0.29, 0.717) is 32.5 Å². The molecular formula is C12H22N2O3. The molecule has 0 aliphatic carbocycles. The van der Waals surface area contributed by atoms with Crippen molar-refractivity contribution in [1.29, 1.82) is 0 Å². The Hall–Kier alpha value is -0.650. The molecule has 98 valence electrons. The average molecular weight is 242 g/mol. The van der Waals surface area contributed by atoms with Gasteiger partial charge in [-0.25, -0.2) is 0 Å². The van der Waals surface area contributed by atoms with E-state index in [1.54, 1.807) is 0 Å². The molecule has 2 fully saturated rings. The number of carbonyl (C=O) groups excluding carboxylic acids is 1. The molecule has 2 rings (SSSR count). The van der Waals surface area contributed by atoms with Crippen LogP contribution in [-0.2, 0) is 14.3 Å². The summed E-state index contributed by atoms with van der Waals surface area (Å²) >= 11 is 0. The summed E-state index contributed by atoms with van der Waals surface area (Å²) in [6.45, 7) is 4.58. The molecule has 17 heavy (non-hydrogen) atoms. The van der Waals surface area contributed by atoms with E-state index in [2.05, 4.69) is 10.6 Å². The van der Waals surface area contributed by atoms with Crippen molar-refractivity contribution < 1.29 is 14.3 Å². The van der Waals surface area contributed by atoms with Crippen LogP contribution in [0.5, 0.6) is 0 Å². The summed E-state index contributed by atoms with van der Waals surface area (Å²) < 4.78 is 10.9. The van der Waals surface area contributed by atoms with Crippen LogP contribution in [-0.4, -0.2) is 51.5 Å². The van der Waals surface area contributed by atoms with E-state index in [9.17, 15) is 4.79 Å². The third-order valence-electron chi connectivity index (χ3n) is 3.34. The number of hydrogen-bond donors (Lipinski definition) is 2. The van der Waals surface area contributed by atoms with Crippen LogP contribution in [0.15, 0.2) is 0 Å². The summed E-state index contributed by atoms with van der Waals surface area (Å²) in [6, 6.07) is 0. The highest BCUT2D eigenvalue weighted by molar-refractivity contribution is 5.78. The van der Waals surface area contributed by atoms with Crippen molar-refractivity contribution in [2.45, 2.75) is 25.4 Å². The maximum atomic E-state index is 11.6. The van der Waals surface area contributed by atoms with E-state index in [1.807, 2.05) is 0 Å². The zero-order valence-corrected chi connectivity index (χ0v) is 10.2. The van der Waals surface area contributed by atoms with E-state index >= 15 is 0 Å². The van der Waals surface area contributed by atoms with Gasteiger partial charge in [-0.05, 0) is 32.4 Å². The first kappa shape index (κ1) is 12.8. The Morgan fingerprint density at radius 3 is 2.88 bits per heavy atom. The molecule has 2 aliphatic heterocycles. The van der Waals surface area contributed by atoms with Gasteiger partial charge in [0.2, 0.25) is 5.91 Å². The Balaban J connectivity index is 1.51. The predicted molar refractivity (Wildman–Crippen MR) is 63.8 cm³/mol. The second-order valence-electron chi connectivity index (χ2n) is 4.67. The summed E-state index contributed by atoms with van der Waals surface area (Å²) in [6.07, 6.45) is 3.36. The molecule has 0 bridgehead atoms. The number of amides is 1. The Morgan fingerprint density at radius 2 is 2.18 bits per heavy atom. The van der Waals surface area contributed by atoms with E-state index in [0.717, 1.165) is 32.4 Å². The lowest BCUT2D eigenvalue weighted by molar-refractivity contribution is -0.125. The van der Waals surface area contributed by atoms with Gasteiger partial charge in [0.1, 0.15) is 0 Å². The predicted octanol–water partition coefficient (Wildman–Crippen LogP) is -0.0923. The summed E-state index contributed by atoms with van der Waals surface area (Å²) in [4.78, 5) is 11.6. The largest absolute Gasteiger partial charge is 0.381 e. The van der Waals surface area contributed by atoms with Crippen molar-refractivity contribution in [1.82, 2.24) is 10.6 Å². The minimum Gasteiger partial charge on any atom is -0.381 e. The van der Waals surface area contributed by atoms with Crippen molar-refractivity contribution in [3.05, 3.63) is 0 Å². The van der Waals surface area contributed by atoms with Gasteiger partial charge in [-0.2, -0.15) is 0 Å². The first-order valence-corrected chi connectivity index (χ1v) is 6.54. The van der Waals surface area contributed by atoms with Gasteiger partial charge >= 0.3 is 0 Å². The SMILES string of the molecule is O=C(NCCOC1CCNCC1)C1CCOC1. The van der Waals surface area contributed by atoms with E-state index < -0.39 is 0 Å². The Morgan fingerprint density at radius 1 is 1.35 bits per heavy atom. The van der Waals surface area contributed by atoms with Crippen LogP contribution in [0.2, 0.25) is 0 Å². The molecule has 2 N–H and O–H groups in total. The molecule has 5 nitrogen and oxygen atoms in total. The lowest BCUT2D eigenvalue weighted by Gasteiger charge is -2.23. The van der Waals surface area contributed by atoms with Crippen LogP contribution in [0.4, 0.5) is 0 Å². The van der Waals surface area contributed by atoms with Crippen LogP contribution in [0, 0.1) is 5.92 Å². The van der Waals surface area contributed by atoms with Crippen LogP contribution in [0.3, 0.4) is 0 Å². The molecule has 5 heteroatoms. The third-order valence-corrected chi connectivity index (χ3v) is 3.34. The topological polar surface area (TPSA) is 59.6 Å². The molecule has 0 aromatic rings. The first-order chi connectivity index (χ1) is 8.36. The summed E-state index contributed by atoms with van der Waals surface area (Å²) in [5, 5.41) is 6.20. The Labute approximate surface area is 102 Å². The van der Waals surface area contributed by atoms with Gasteiger partial charge in [0.15, 0.2) is 0 Å².